The molecule has 5 rings (SSSR count). The first-order valence-corrected chi connectivity index (χ1v) is 13.4. The topological polar surface area (TPSA) is 91.4 Å². The van der Waals surface area contributed by atoms with Gasteiger partial charge in [0.15, 0.2) is 22.7 Å². The first kappa shape index (κ1) is 18.2. The molecule has 1 fully saturated rings. The van der Waals surface area contributed by atoms with Gasteiger partial charge in [-0.05, 0) is 31.4 Å². The van der Waals surface area contributed by atoms with Gasteiger partial charge in [0.2, 0.25) is 12.7 Å². The quantitative estimate of drug-likeness (QED) is 0.644. The van der Waals surface area contributed by atoms with Gasteiger partial charge in [0, 0.05) is 25.9 Å². The molecule has 0 bridgehead atoms. The minimum Gasteiger partial charge on any atom is -0.454 e. The van der Waals surface area contributed by atoms with Crippen molar-refractivity contribution in [3.63, 3.8) is 0 Å². The van der Waals surface area contributed by atoms with E-state index in [0.29, 0.717) is 22.9 Å². The highest BCUT2D eigenvalue weighted by Gasteiger charge is 2.31. The average molecular weight is 413 g/mol. The lowest BCUT2D eigenvalue weighted by Crippen LogP contribution is -2.34. The van der Waals surface area contributed by atoms with Crippen LogP contribution in [0.5, 0.6) is 11.5 Å². The largest absolute Gasteiger partial charge is 0.454 e. The van der Waals surface area contributed by atoms with Gasteiger partial charge in [0.25, 0.3) is 0 Å². The van der Waals surface area contributed by atoms with E-state index in [0.717, 1.165) is 29.8 Å². The van der Waals surface area contributed by atoms with Crippen LogP contribution in [0.3, 0.4) is 0 Å². The number of aryl methyl sites for hydroxylation is 1. The summed E-state index contributed by atoms with van der Waals surface area (Å²) < 4.78 is 18.0. The molecule has 9 heteroatoms. The first-order valence-electron chi connectivity index (χ1n) is 9.95. The van der Waals surface area contributed by atoms with Crippen molar-refractivity contribution in [2.75, 3.05) is 12.1 Å². The van der Waals surface area contributed by atoms with Gasteiger partial charge in [-0.2, -0.15) is 4.98 Å². The molecule has 1 N–H and O–H groups in total. The summed E-state index contributed by atoms with van der Waals surface area (Å²) in [6, 6.07) is 6.36. The molecule has 152 valence electrons. The Balaban J connectivity index is 1.48. The molecule has 0 spiro atoms. The molecule has 0 atom stereocenters. The fourth-order valence-electron chi connectivity index (χ4n) is 4.16. The Morgan fingerprint density at radius 1 is 1.17 bits per heavy atom. The van der Waals surface area contributed by atoms with E-state index in [9.17, 15) is 4.79 Å². The number of hydrogen-bond donors (Lipinski definition) is 1. The Hall–Kier alpha value is -2.81. The number of hydrogen-bond acceptors (Lipinski definition) is 7. The maximum absolute atomic E-state index is 12.5. The van der Waals surface area contributed by atoms with Gasteiger partial charge in [-0.25, -0.2) is 9.78 Å². The van der Waals surface area contributed by atoms with Crippen LogP contribution in [0.15, 0.2) is 27.5 Å². The van der Waals surface area contributed by atoms with Crippen molar-refractivity contribution >= 4 is 30.9 Å². The molecule has 0 radical (unpaired) electrons. The first-order chi connectivity index (χ1) is 13.9. The van der Waals surface area contributed by atoms with E-state index in [2.05, 4.69) is 28.4 Å². The number of anilines is 2. The molecule has 2 aliphatic rings. The van der Waals surface area contributed by atoms with Gasteiger partial charge in [0.05, 0.1) is 6.20 Å². The number of fused-ring (bicyclic) bond motifs is 2. The van der Waals surface area contributed by atoms with E-state index in [4.69, 9.17) is 13.9 Å². The van der Waals surface area contributed by atoms with E-state index in [1.54, 1.807) is 10.8 Å². The molecule has 2 aromatic heterocycles. The van der Waals surface area contributed by atoms with Crippen LogP contribution in [0.4, 0.5) is 11.6 Å². The lowest BCUT2D eigenvalue weighted by Gasteiger charge is -2.32. The van der Waals surface area contributed by atoms with E-state index in [-0.39, 0.29) is 18.6 Å². The smallest absolute Gasteiger partial charge is 0.421 e. The van der Waals surface area contributed by atoms with Crippen LogP contribution in [0.1, 0.15) is 24.4 Å². The number of aromatic nitrogens is 3. The highest BCUT2D eigenvalue weighted by Crippen LogP contribution is 2.38. The summed E-state index contributed by atoms with van der Waals surface area (Å²) in [5, 5.41) is 3.24. The molecular formula is C20H24N4O4Si. The van der Waals surface area contributed by atoms with E-state index >= 15 is 0 Å². The molecule has 1 aromatic carbocycles. The van der Waals surface area contributed by atoms with Crippen molar-refractivity contribution in [2.24, 2.45) is 0 Å². The number of nitrogens with zero attached hydrogens (tertiary/aromatic N) is 3. The van der Waals surface area contributed by atoms with Gasteiger partial charge in [-0.3, -0.25) is 4.57 Å². The summed E-state index contributed by atoms with van der Waals surface area (Å²) in [6.07, 6.45) is 3.57. The van der Waals surface area contributed by atoms with Crippen LogP contribution < -0.4 is 20.5 Å². The number of rotatable bonds is 3. The Bertz CT molecular complexity index is 1140. The third-order valence-corrected chi connectivity index (χ3v) is 9.28. The zero-order valence-electron chi connectivity index (χ0n) is 16.8. The van der Waals surface area contributed by atoms with Gasteiger partial charge in [0.1, 0.15) is 0 Å². The third-order valence-electron chi connectivity index (χ3n) is 6.00. The summed E-state index contributed by atoms with van der Waals surface area (Å²) >= 11 is 0. The zero-order chi connectivity index (χ0) is 20.2. The van der Waals surface area contributed by atoms with Gasteiger partial charge >= 0.3 is 5.76 Å². The maximum Gasteiger partial charge on any atom is 0.421 e. The van der Waals surface area contributed by atoms with Crippen LogP contribution in [-0.4, -0.2) is 29.4 Å². The second-order valence-electron chi connectivity index (χ2n) is 8.66. The lowest BCUT2D eigenvalue weighted by molar-refractivity contribution is 0.174. The van der Waals surface area contributed by atoms with Gasteiger partial charge in [-0.15, -0.1) is 0 Å². The molecule has 8 nitrogen and oxygen atoms in total. The third kappa shape index (κ3) is 3.29. The predicted octanol–water partition coefficient (Wildman–Crippen LogP) is 4.21. The van der Waals surface area contributed by atoms with Crippen LogP contribution in [0.2, 0.25) is 25.2 Å². The molecule has 0 saturated carbocycles. The zero-order valence-corrected chi connectivity index (χ0v) is 17.8. The SMILES string of the molecule is Cc1cc2c(cc1Nc1ncc3oc(=O)n(C4CC[Si](C)(C)CC4)c3n1)OCO2. The fourth-order valence-corrected chi connectivity index (χ4v) is 6.64. The van der Waals surface area contributed by atoms with Crippen LogP contribution in [0, 0.1) is 6.92 Å². The number of benzene rings is 1. The lowest BCUT2D eigenvalue weighted by atomic mass is 10.1. The minimum atomic E-state index is -1.12. The van der Waals surface area contributed by atoms with E-state index in [1.165, 1.54) is 12.1 Å². The normalized spacial score (nSPS) is 18.3. The monoisotopic (exact) mass is 412 g/mol. The average Bonchev–Trinajstić information content (AvgIpc) is 3.25. The Kier molecular flexibility index (Phi) is 4.16. The van der Waals surface area contributed by atoms with E-state index < -0.39 is 8.07 Å². The molecule has 0 unspecified atom stereocenters. The van der Waals surface area contributed by atoms with Crippen molar-refractivity contribution in [3.8, 4) is 11.5 Å². The molecule has 3 aromatic rings. The Labute approximate surface area is 168 Å². The fraction of sp³-hybridized carbons (Fsp3) is 0.450. The number of ether oxygens (including phenoxy) is 2. The highest BCUT2D eigenvalue weighted by molar-refractivity contribution is 6.77. The summed E-state index contributed by atoms with van der Waals surface area (Å²) in [6.45, 7) is 7.03. The second-order valence-corrected chi connectivity index (χ2v) is 14.0. The van der Waals surface area contributed by atoms with Crippen molar-refractivity contribution in [3.05, 3.63) is 34.4 Å². The van der Waals surface area contributed by atoms with Crippen molar-refractivity contribution in [2.45, 2.75) is 51.0 Å². The molecule has 1 saturated heterocycles. The summed E-state index contributed by atoms with van der Waals surface area (Å²) in [4.78, 5) is 21.5. The van der Waals surface area contributed by atoms with E-state index in [1.807, 2.05) is 19.1 Å². The maximum atomic E-state index is 12.5. The van der Waals surface area contributed by atoms with Crippen LogP contribution >= 0.6 is 0 Å². The van der Waals surface area contributed by atoms with Crippen molar-refractivity contribution in [1.29, 1.82) is 0 Å². The molecule has 0 aliphatic carbocycles. The van der Waals surface area contributed by atoms with Gasteiger partial charge in [-0.1, -0.05) is 25.2 Å². The number of nitrogens with one attached hydrogen (secondary N) is 1. The Morgan fingerprint density at radius 3 is 2.66 bits per heavy atom. The molecule has 2 aliphatic heterocycles. The number of oxazole rings is 1. The van der Waals surface area contributed by atoms with Crippen molar-refractivity contribution < 1.29 is 13.9 Å². The summed E-state index contributed by atoms with van der Waals surface area (Å²) in [7, 11) is -1.12. The molecule has 0 amide bonds. The molecule has 4 heterocycles. The minimum absolute atomic E-state index is 0.138. The second kappa shape index (κ2) is 6.62. The predicted molar refractivity (Wildman–Crippen MR) is 112 cm³/mol. The van der Waals surface area contributed by atoms with Gasteiger partial charge < -0.3 is 19.2 Å². The molecule has 29 heavy (non-hydrogen) atoms. The van der Waals surface area contributed by atoms with Crippen molar-refractivity contribution in [1.82, 2.24) is 14.5 Å². The molecular weight excluding hydrogens is 388 g/mol. The van der Waals surface area contributed by atoms with Crippen LogP contribution in [0.25, 0.3) is 11.2 Å². The Morgan fingerprint density at radius 2 is 1.90 bits per heavy atom. The summed E-state index contributed by atoms with van der Waals surface area (Å²) in [5.74, 6) is 1.49. The summed E-state index contributed by atoms with van der Waals surface area (Å²) in [5.41, 5.74) is 2.79. The standard InChI is InChI=1S/C20H24N4O4Si/c1-12-8-15-16(27-11-26-15)9-14(12)22-19-21-10-17-18(23-19)24(20(25)28-17)13-4-6-29(2,3)7-5-13/h8-10,13H,4-7,11H2,1-3H3,(H,21,22,23). The highest BCUT2D eigenvalue weighted by atomic mass is 28.3. The van der Waals surface area contributed by atoms with Crippen LogP contribution in [-0.2, 0) is 0 Å².